The summed E-state index contributed by atoms with van der Waals surface area (Å²) >= 11 is -0.106. The van der Waals surface area contributed by atoms with E-state index in [1.807, 2.05) is 48.5 Å². The summed E-state index contributed by atoms with van der Waals surface area (Å²) in [5.41, 5.74) is 5.98. The van der Waals surface area contributed by atoms with Crippen LogP contribution in [0.2, 0.25) is 39.3 Å². The van der Waals surface area contributed by atoms with E-state index in [9.17, 15) is 0 Å². The molecule has 3 aromatic carbocycles. The third-order valence-electron chi connectivity index (χ3n) is 4.14. The molecule has 7 heteroatoms. The molecule has 0 unspecified atom stereocenters. The molecule has 0 saturated carbocycles. The molecule has 3 aromatic rings. The zero-order chi connectivity index (χ0) is 26.7. The predicted octanol–water partition coefficient (Wildman–Crippen LogP) is 7.95. The maximum absolute atomic E-state index is 8.29. The van der Waals surface area contributed by atoms with Gasteiger partial charge in [-0.05, 0) is 36.4 Å². The van der Waals surface area contributed by atoms with E-state index in [0.717, 1.165) is 5.56 Å². The number of nitrogens with zero attached hydrogens (tertiary/aromatic N) is 2. The quantitative estimate of drug-likeness (QED) is 0.203. The Morgan fingerprint density at radius 1 is 0.600 bits per heavy atom. The Labute approximate surface area is 230 Å². The van der Waals surface area contributed by atoms with Crippen LogP contribution in [0.1, 0.15) is 16.7 Å². The van der Waals surface area contributed by atoms with Gasteiger partial charge in [-0.1, -0.05) is 98.9 Å². The summed E-state index contributed by atoms with van der Waals surface area (Å²) in [6.45, 7) is 13.9. The van der Waals surface area contributed by atoms with Crippen molar-refractivity contribution < 1.29 is 15.9 Å². The Morgan fingerprint density at radius 2 is 0.971 bits per heavy atom. The predicted molar refractivity (Wildman–Crippen MR) is 154 cm³/mol. The summed E-state index contributed by atoms with van der Waals surface area (Å²) in [6, 6.07) is 31.2. The molecule has 0 fully saturated rings. The van der Waals surface area contributed by atoms with E-state index in [-0.39, 0.29) is 15.9 Å². The second-order valence-electron chi connectivity index (χ2n) is 9.33. The summed E-state index contributed by atoms with van der Waals surface area (Å²) in [6.07, 6.45) is 0. The van der Waals surface area contributed by atoms with Crippen molar-refractivity contribution in [2.24, 2.45) is 0 Å². The fourth-order valence-corrected chi connectivity index (χ4v) is 4.02. The van der Waals surface area contributed by atoms with Crippen molar-refractivity contribution in [2.75, 3.05) is 0 Å². The van der Waals surface area contributed by atoms with Crippen LogP contribution < -0.4 is 5.19 Å². The van der Waals surface area contributed by atoms with Gasteiger partial charge in [-0.15, -0.1) is 5.54 Å². The van der Waals surface area contributed by atoms with Crippen LogP contribution in [0.25, 0.3) is 0 Å². The molecule has 0 saturated heterocycles. The maximum atomic E-state index is 8.29. The van der Waals surface area contributed by atoms with E-state index in [4.69, 9.17) is 29.6 Å². The first-order chi connectivity index (χ1) is 16.5. The zero-order valence-electron chi connectivity index (χ0n) is 21.0. The average molecular weight is 630 g/mol. The third kappa shape index (κ3) is 17.9. The second kappa shape index (κ2) is 18.2. The Hall–Kier alpha value is -2.12. The minimum absolute atomic E-state index is 0.106. The van der Waals surface area contributed by atoms with E-state index >= 15 is 0 Å². The summed E-state index contributed by atoms with van der Waals surface area (Å²) in [5.74, 6) is 3.29. The molecule has 2 nitrogen and oxygen atoms in total. The molecule has 0 atom stereocenters. The number of benzene rings is 3. The van der Waals surface area contributed by atoms with Gasteiger partial charge in [0.1, 0.15) is 8.07 Å². The van der Waals surface area contributed by atoms with Gasteiger partial charge in [0.2, 0.25) is 0 Å². The monoisotopic (exact) mass is 628 g/mol. The molecule has 0 radical (unpaired) electrons. The van der Waals surface area contributed by atoms with Gasteiger partial charge in [-0.3, -0.25) is 0 Å². The second-order valence-corrected chi connectivity index (χ2v) is 21.5. The van der Waals surface area contributed by atoms with Crippen molar-refractivity contribution in [2.45, 2.75) is 39.3 Å². The van der Waals surface area contributed by atoms with E-state index in [1.165, 1.54) is 5.19 Å². The van der Waals surface area contributed by atoms with Crippen molar-refractivity contribution in [3.05, 3.63) is 102 Å². The van der Waals surface area contributed by atoms with Crippen LogP contribution in [0, 0.1) is 34.1 Å². The molecule has 0 amide bonds. The summed E-state index contributed by atoms with van der Waals surface area (Å²) in [4.78, 5) is 0. The number of hydrogen-bond acceptors (Lipinski definition) is 2. The average Bonchev–Trinajstić information content (AvgIpc) is 2.84. The van der Waals surface area contributed by atoms with E-state index in [1.54, 1.807) is 24.3 Å². The topological polar surface area (TPSA) is 47.6 Å². The molecule has 0 N–H and O–H groups in total. The van der Waals surface area contributed by atoms with E-state index < -0.39 is 16.1 Å². The zero-order valence-corrected chi connectivity index (χ0v) is 26.1. The van der Waals surface area contributed by atoms with Gasteiger partial charge in [-0.25, -0.2) is 0 Å². The number of halogens is 2. The van der Waals surface area contributed by atoms with Crippen LogP contribution in [0.15, 0.2) is 84.9 Å². The Bertz CT molecular complexity index is 1070. The first kappa shape index (κ1) is 32.9. The fraction of sp³-hybridized carbons (Fsp3) is 0.214. The normalized spacial score (nSPS) is 9.66. The standard InChI is InChI=1S/C14H22Si2.2C7H5N.2ClH.Pd/c1-15(2,3)12-11-13-7-9-14(10-8-13)16(4,5)6;2*8-6-7-4-2-1-3-5-7;;;/h7-10H,1-6H3;2*1-5H;2*1H;/q;;;;;+2/p-2. The molecular weight excluding hydrogens is 598 g/mol. The van der Waals surface area contributed by atoms with Gasteiger partial charge in [0.15, 0.2) is 0 Å². The Morgan fingerprint density at radius 3 is 1.23 bits per heavy atom. The van der Waals surface area contributed by atoms with Gasteiger partial charge in [0.25, 0.3) is 0 Å². The van der Waals surface area contributed by atoms with Crippen molar-refractivity contribution in [3.8, 4) is 23.6 Å². The van der Waals surface area contributed by atoms with Gasteiger partial charge in [0, 0.05) is 5.56 Å². The van der Waals surface area contributed by atoms with Gasteiger partial charge in [-0.2, -0.15) is 10.5 Å². The van der Waals surface area contributed by atoms with Crippen molar-refractivity contribution >= 4 is 40.4 Å². The van der Waals surface area contributed by atoms with Crippen LogP contribution in [0.4, 0.5) is 0 Å². The van der Waals surface area contributed by atoms with Crippen LogP contribution in [0.5, 0.6) is 0 Å². The van der Waals surface area contributed by atoms with Gasteiger partial charge < -0.3 is 0 Å². The molecule has 0 aliphatic rings. The van der Waals surface area contributed by atoms with Crippen LogP contribution in [0.3, 0.4) is 0 Å². The molecule has 0 aliphatic heterocycles. The van der Waals surface area contributed by atoms with Gasteiger partial charge >= 0.3 is 35.0 Å². The first-order valence-corrected chi connectivity index (χ1v) is 21.8. The SMILES string of the molecule is C[Si](C)(C)C#Cc1ccc([Si](C)(C)C)cc1.N#Cc1ccccc1.N#Cc1ccccc1.[Cl][Pd][Cl]. The third-order valence-corrected chi connectivity index (χ3v) is 7.08. The van der Waals surface area contributed by atoms with Crippen molar-refractivity contribution in [3.63, 3.8) is 0 Å². The Kier molecular flexibility index (Phi) is 17.1. The molecule has 0 spiro atoms. The molecular formula is C28H32Cl2N2PdSi2. The summed E-state index contributed by atoms with van der Waals surface area (Å²) < 4.78 is 0. The molecule has 3 rings (SSSR count). The molecule has 186 valence electrons. The summed E-state index contributed by atoms with van der Waals surface area (Å²) in [5, 5.41) is 18.1. The molecule has 0 aromatic heterocycles. The van der Waals surface area contributed by atoms with Crippen molar-refractivity contribution in [1.29, 1.82) is 10.5 Å². The molecule has 0 bridgehead atoms. The molecule has 0 heterocycles. The van der Waals surface area contributed by atoms with Gasteiger partial charge in [0.05, 0.1) is 31.3 Å². The van der Waals surface area contributed by atoms with E-state index in [0.29, 0.717) is 11.1 Å². The Balaban J connectivity index is 0.000000509. The van der Waals surface area contributed by atoms with Crippen molar-refractivity contribution in [1.82, 2.24) is 0 Å². The molecule has 0 aliphatic carbocycles. The van der Waals surface area contributed by atoms with Crippen LogP contribution in [-0.2, 0) is 15.9 Å². The number of nitriles is 2. The fourth-order valence-electron chi connectivity index (χ4n) is 2.34. The van der Waals surface area contributed by atoms with Crippen LogP contribution in [-0.4, -0.2) is 16.1 Å². The van der Waals surface area contributed by atoms with E-state index in [2.05, 4.69) is 75.0 Å². The van der Waals surface area contributed by atoms with Crippen LogP contribution >= 0.6 is 19.1 Å². The number of rotatable bonds is 1. The number of hydrogen-bond donors (Lipinski definition) is 0. The minimum atomic E-state index is -1.24. The summed E-state index contributed by atoms with van der Waals surface area (Å²) in [7, 11) is 7.23. The molecule has 35 heavy (non-hydrogen) atoms. The first-order valence-electron chi connectivity index (χ1n) is 10.8.